The molecule has 1 aromatic rings. The number of sulfonamides is 1. The van der Waals surface area contributed by atoms with Crippen molar-refractivity contribution in [1.82, 2.24) is 20.3 Å². The first-order chi connectivity index (χ1) is 19.7. The predicted octanol–water partition coefficient (Wildman–Crippen LogP) is 2.91. The summed E-state index contributed by atoms with van der Waals surface area (Å²) in [6.45, 7) is 5.46. The zero-order valence-corrected chi connectivity index (χ0v) is 25.0. The van der Waals surface area contributed by atoms with Crippen LogP contribution in [-0.4, -0.2) is 66.9 Å². The molecule has 4 rings (SSSR count). The number of rotatable bonds is 4. The third-order valence-corrected chi connectivity index (χ3v) is 8.99. The number of nitrogens with one attached hydrogen (secondary N) is 3. The Morgan fingerprint density at radius 1 is 1.12 bits per heavy atom. The van der Waals surface area contributed by atoms with E-state index in [1.807, 2.05) is 10.8 Å². The largest absolute Gasteiger partial charge is 0.444 e. The Hall–Kier alpha value is -3.48. The van der Waals surface area contributed by atoms with Gasteiger partial charge in [0.25, 0.3) is 15.9 Å². The van der Waals surface area contributed by atoms with Gasteiger partial charge >= 0.3 is 6.09 Å². The minimum Gasteiger partial charge on any atom is -0.444 e. The first kappa shape index (κ1) is 31.5. The molecule has 3 N–H and O–H groups in total. The van der Waals surface area contributed by atoms with Crippen molar-refractivity contribution in [3.05, 3.63) is 42.2 Å². The van der Waals surface area contributed by atoms with E-state index in [0.29, 0.717) is 38.6 Å². The van der Waals surface area contributed by atoms with Crippen molar-refractivity contribution in [3.8, 4) is 0 Å². The minimum atomic E-state index is -4.42. The van der Waals surface area contributed by atoms with E-state index >= 15 is 0 Å². The Labute approximate surface area is 245 Å². The van der Waals surface area contributed by atoms with E-state index in [1.54, 1.807) is 26.8 Å². The molecule has 4 amide bonds. The fourth-order valence-electron chi connectivity index (χ4n) is 5.45. The van der Waals surface area contributed by atoms with Crippen molar-refractivity contribution < 1.29 is 36.7 Å². The molecule has 2 heterocycles. The van der Waals surface area contributed by atoms with Gasteiger partial charge in [0.1, 0.15) is 29.0 Å². The highest BCUT2D eigenvalue weighted by atomic mass is 32.2. The lowest BCUT2D eigenvalue weighted by Crippen LogP contribution is -2.58. The number of alkyl carbamates (subject to hydrolysis) is 1. The van der Waals surface area contributed by atoms with Crippen LogP contribution in [0.2, 0.25) is 0 Å². The Morgan fingerprint density at radius 3 is 2.60 bits per heavy atom. The van der Waals surface area contributed by atoms with Crippen molar-refractivity contribution in [2.24, 2.45) is 5.92 Å². The number of ether oxygens (including phenoxy) is 1. The molecule has 11 nitrogen and oxygen atoms in total. The van der Waals surface area contributed by atoms with Crippen LogP contribution in [0.25, 0.3) is 0 Å². The van der Waals surface area contributed by atoms with Crippen molar-refractivity contribution >= 4 is 33.8 Å². The number of hydrogen-bond donors (Lipinski definition) is 3. The summed E-state index contributed by atoms with van der Waals surface area (Å²) in [5.41, 5.74) is -2.30. The van der Waals surface area contributed by atoms with Gasteiger partial charge in [-0.15, -0.1) is 0 Å². The Morgan fingerprint density at radius 2 is 1.88 bits per heavy atom. The van der Waals surface area contributed by atoms with Gasteiger partial charge in [-0.1, -0.05) is 31.1 Å². The second-order valence-electron chi connectivity index (χ2n) is 12.1. The second-order valence-corrected chi connectivity index (χ2v) is 13.8. The molecule has 4 atom stereocenters. The standard InChI is InChI=1S/C29H39FN4O7S/c1-28(2,3)41-27(38)31-22-14-8-6-4-5-7-11-19-18-29(19,32-24(35)23-15-10-16-34(23)25(22)36)26(37)33-42(39,40)21-13-9-12-20(30)17-21/h7,9,11-13,17,19,22-23H,4-6,8,10,14-16,18H2,1-3H3,(H,31,38)(H,32,35)(H,33,37)/t19-,22+,23+,29-/m1/s1. The van der Waals surface area contributed by atoms with Crippen LogP contribution < -0.4 is 15.4 Å². The van der Waals surface area contributed by atoms with Gasteiger partial charge in [-0.3, -0.25) is 14.4 Å². The van der Waals surface area contributed by atoms with E-state index in [9.17, 15) is 32.0 Å². The van der Waals surface area contributed by atoms with Gasteiger partial charge in [-0.25, -0.2) is 22.3 Å². The van der Waals surface area contributed by atoms with Crippen LogP contribution in [0, 0.1) is 11.7 Å². The summed E-state index contributed by atoms with van der Waals surface area (Å²) < 4.78 is 46.8. The SMILES string of the molecule is CC(C)(C)OC(=O)N[C@H]1CCCCCC=C[C@@H]2C[C@@]2(C(=O)NS(=O)(=O)c2cccc(F)c2)NC(=O)[C@@H]2CCCN2C1=O. The van der Waals surface area contributed by atoms with Gasteiger partial charge in [0.05, 0.1) is 4.90 Å². The van der Waals surface area contributed by atoms with E-state index in [4.69, 9.17) is 4.74 Å². The van der Waals surface area contributed by atoms with E-state index in [0.717, 1.165) is 25.0 Å². The number of fused-ring (bicyclic) bond motifs is 2. The van der Waals surface area contributed by atoms with Gasteiger partial charge in [-0.05, 0) is 77.5 Å². The van der Waals surface area contributed by atoms with Crippen molar-refractivity contribution in [3.63, 3.8) is 0 Å². The highest BCUT2D eigenvalue weighted by Crippen LogP contribution is 2.45. The zero-order chi connectivity index (χ0) is 30.7. The van der Waals surface area contributed by atoms with Crippen LogP contribution in [0.15, 0.2) is 41.3 Å². The van der Waals surface area contributed by atoms with Crippen molar-refractivity contribution in [2.75, 3.05) is 6.54 Å². The Kier molecular flexibility index (Phi) is 9.29. The second kappa shape index (κ2) is 12.4. The Bertz CT molecular complexity index is 1360. The number of amides is 4. The third-order valence-electron chi connectivity index (χ3n) is 7.66. The summed E-state index contributed by atoms with van der Waals surface area (Å²) in [4.78, 5) is 54.3. The molecule has 1 saturated heterocycles. The highest BCUT2D eigenvalue weighted by molar-refractivity contribution is 7.90. The minimum absolute atomic E-state index is 0.170. The molecule has 0 bridgehead atoms. The first-order valence-corrected chi connectivity index (χ1v) is 15.8. The van der Waals surface area contributed by atoms with Crippen LogP contribution in [0.3, 0.4) is 0 Å². The van der Waals surface area contributed by atoms with E-state index in [-0.39, 0.29) is 6.42 Å². The fourth-order valence-corrected chi connectivity index (χ4v) is 6.52. The lowest BCUT2D eigenvalue weighted by molar-refractivity contribution is -0.141. The molecule has 42 heavy (non-hydrogen) atoms. The van der Waals surface area contributed by atoms with Crippen molar-refractivity contribution in [1.29, 1.82) is 0 Å². The van der Waals surface area contributed by atoms with Crippen LogP contribution in [0.4, 0.5) is 9.18 Å². The number of benzene rings is 1. The maximum Gasteiger partial charge on any atom is 0.408 e. The van der Waals surface area contributed by atoms with Gasteiger partial charge < -0.3 is 20.3 Å². The fraction of sp³-hybridized carbons (Fsp3) is 0.586. The molecule has 1 aliphatic carbocycles. The average molecular weight is 607 g/mol. The lowest BCUT2D eigenvalue weighted by Gasteiger charge is -2.30. The van der Waals surface area contributed by atoms with E-state index in [2.05, 4.69) is 10.6 Å². The number of halogens is 1. The summed E-state index contributed by atoms with van der Waals surface area (Å²) >= 11 is 0. The number of carbonyl (C=O) groups excluding carboxylic acids is 4. The molecule has 3 aliphatic rings. The molecule has 13 heteroatoms. The molecule has 0 aromatic heterocycles. The van der Waals surface area contributed by atoms with E-state index in [1.165, 1.54) is 17.0 Å². The maximum atomic E-state index is 13.7. The molecule has 0 unspecified atom stereocenters. The number of carbonyl (C=O) groups is 4. The normalized spacial score (nSPS) is 27.0. The summed E-state index contributed by atoms with van der Waals surface area (Å²) in [7, 11) is -4.42. The van der Waals surface area contributed by atoms with Crippen LogP contribution in [0.5, 0.6) is 0 Å². The summed E-state index contributed by atoms with van der Waals surface area (Å²) in [5, 5.41) is 5.43. The molecular formula is C29H39FN4O7S. The Balaban J connectivity index is 1.56. The zero-order valence-electron chi connectivity index (χ0n) is 24.2. The van der Waals surface area contributed by atoms with Gasteiger partial charge in [0.2, 0.25) is 11.8 Å². The third kappa shape index (κ3) is 7.47. The molecule has 2 fully saturated rings. The van der Waals surface area contributed by atoms with Gasteiger partial charge in [0, 0.05) is 12.5 Å². The van der Waals surface area contributed by atoms with Gasteiger partial charge in [-0.2, -0.15) is 0 Å². The first-order valence-electron chi connectivity index (χ1n) is 14.3. The molecule has 2 aliphatic heterocycles. The topological polar surface area (TPSA) is 151 Å². The summed E-state index contributed by atoms with van der Waals surface area (Å²) in [5.74, 6) is -3.16. The molecule has 230 valence electrons. The monoisotopic (exact) mass is 606 g/mol. The number of allylic oxidation sites excluding steroid dienone is 1. The van der Waals surface area contributed by atoms with Gasteiger partial charge in [0.15, 0.2) is 0 Å². The lowest BCUT2D eigenvalue weighted by atomic mass is 10.0. The number of nitrogens with zero attached hydrogens (tertiary/aromatic N) is 1. The van der Waals surface area contributed by atoms with Crippen molar-refractivity contribution in [2.45, 2.75) is 100 Å². The smallest absolute Gasteiger partial charge is 0.408 e. The number of hydrogen-bond acceptors (Lipinski definition) is 7. The average Bonchev–Trinajstić information content (AvgIpc) is 3.35. The summed E-state index contributed by atoms with van der Waals surface area (Å²) in [6.07, 6.45) is 7.33. The molecule has 1 saturated carbocycles. The van der Waals surface area contributed by atoms with E-state index < -0.39 is 73.7 Å². The molecular weight excluding hydrogens is 567 g/mol. The van der Waals surface area contributed by atoms with Crippen LogP contribution >= 0.6 is 0 Å². The predicted molar refractivity (Wildman–Crippen MR) is 151 cm³/mol. The molecule has 1 aromatic carbocycles. The summed E-state index contributed by atoms with van der Waals surface area (Å²) in [6, 6.07) is 2.48. The van der Waals surface area contributed by atoms with Crippen LogP contribution in [-0.2, 0) is 29.1 Å². The quantitative estimate of drug-likeness (QED) is 0.446. The highest BCUT2D eigenvalue weighted by Gasteiger charge is 2.61. The van der Waals surface area contributed by atoms with Crippen LogP contribution in [0.1, 0.15) is 72.1 Å². The molecule has 0 spiro atoms. The molecule has 0 radical (unpaired) electrons. The maximum absolute atomic E-state index is 13.7.